The molecule has 2 fully saturated rings. The number of hydrogen-bond donors (Lipinski definition) is 3. The molecule has 1 saturated heterocycles. The molecular weight excluding hydrogens is 224 g/mol. The highest BCUT2D eigenvalue weighted by molar-refractivity contribution is 5.81. The number of hydrogen-bond acceptors (Lipinski definition) is 4. The molecule has 0 radical (unpaired) electrons. The molecule has 96 valence electrons. The number of aliphatic carboxylic acids is 1. The van der Waals surface area contributed by atoms with Gasteiger partial charge in [0.15, 0.2) is 0 Å². The second-order valence-electron chi connectivity index (χ2n) is 5.20. The molecule has 1 aliphatic carbocycles. The fourth-order valence-corrected chi connectivity index (χ4v) is 1.75. The summed E-state index contributed by atoms with van der Waals surface area (Å²) >= 11 is 0. The van der Waals surface area contributed by atoms with E-state index in [4.69, 9.17) is 9.84 Å². The van der Waals surface area contributed by atoms with Crippen molar-refractivity contribution in [1.82, 2.24) is 10.6 Å². The second kappa shape index (κ2) is 4.27. The van der Waals surface area contributed by atoms with Crippen molar-refractivity contribution < 1.29 is 19.4 Å². The minimum atomic E-state index is -0.825. The summed E-state index contributed by atoms with van der Waals surface area (Å²) in [5.41, 5.74) is -0.959. The standard InChI is InChI=1S/C11H18N2O4/c1-10(5-12-6-10)17-4-8(14)13-7-11(2-3-11)9(15)16/h12H,2-7H2,1H3,(H,13,14)(H,15,16). The highest BCUT2D eigenvalue weighted by Crippen LogP contribution is 2.45. The minimum absolute atomic E-state index is 0.00607. The molecule has 0 bridgehead atoms. The van der Waals surface area contributed by atoms with Crippen LogP contribution in [0.15, 0.2) is 0 Å². The third-order valence-corrected chi connectivity index (χ3v) is 3.48. The molecule has 1 amide bonds. The molecule has 1 aliphatic heterocycles. The maximum Gasteiger partial charge on any atom is 0.311 e. The van der Waals surface area contributed by atoms with E-state index in [9.17, 15) is 9.59 Å². The van der Waals surface area contributed by atoms with Crippen LogP contribution in [0.1, 0.15) is 19.8 Å². The van der Waals surface area contributed by atoms with E-state index >= 15 is 0 Å². The van der Waals surface area contributed by atoms with Crippen LogP contribution in [0.4, 0.5) is 0 Å². The molecule has 0 aromatic heterocycles. The Bertz CT molecular complexity index is 334. The quantitative estimate of drug-likeness (QED) is 0.576. The molecule has 1 heterocycles. The van der Waals surface area contributed by atoms with E-state index < -0.39 is 11.4 Å². The van der Waals surface area contributed by atoms with Crippen LogP contribution in [-0.4, -0.2) is 48.8 Å². The first kappa shape index (κ1) is 12.3. The fraction of sp³-hybridized carbons (Fsp3) is 0.818. The number of carbonyl (C=O) groups is 2. The van der Waals surface area contributed by atoms with E-state index in [1.807, 2.05) is 6.92 Å². The number of rotatable bonds is 6. The molecule has 1 saturated carbocycles. The Morgan fingerprint density at radius 2 is 2.06 bits per heavy atom. The van der Waals surface area contributed by atoms with Gasteiger partial charge < -0.3 is 20.5 Å². The van der Waals surface area contributed by atoms with E-state index in [1.165, 1.54) is 0 Å². The van der Waals surface area contributed by atoms with Crippen molar-refractivity contribution in [2.45, 2.75) is 25.4 Å². The van der Waals surface area contributed by atoms with Crippen molar-refractivity contribution in [1.29, 1.82) is 0 Å². The lowest BCUT2D eigenvalue weighted by molar-refractivity contribution is -0.144. The summed E-state index contributed by atoms with van der Waals surface area (Å²) in [5.74, 6) is -1.07. The number of carboxylic acids is 1. The molecule has 3 N–H and O–H groups in total. The molecule has 17 heavy (non-hydrogen) atoms. The van der Waals surface area contributed by atoms with E-state index in [1.54, 1.807) is 0 Å². The first-order chi connectivity index (χ1) is 7.96. The van der Waals surface area contributed by atoms with Gasteiger partial charge in [0.05, 0.1) is 11.0 Å². The van der Waals surface area contributed by atoms with Crippen molar-refractivity contribution >= 4 is 11.9 Å². The molecule has 0 aromatic rings. The summed E-state index contributed by atoms with van der Waals surface area (Å²) in [6.45, 7) is 3.64. The molecule has 2 rings (SSSR count). The van der Waals surface area contributed by atoms with Crippen molar-refractivity contribution in [2.75, 3.05) is 26.2 Å². The molecule has 6 nitrogen and oxygen atoms in total. The Labute approximate surface area is 99.7 Å². The summed E-state index contributed by atoms with van der Waals surface area (Å²) in [7, 11) is 0. The minimum Gasteiger partial charge on any atom is -0.481 e. The Morgan fingerprint density at radius 3 is 2.47 bits per heavy atom. The summed E-state index contributed by atoms with van der Waals surface area (Å²) < 4.78 is 5.45. The zero-order valence-electron chi connectivity index (χ0n) is 9.91. The van der Waals surface area contributed by atoms with Crippen LogP contribution in [-0.2, 0) is 14.3 Å². The van der Waals surface area contributed by atoms with Crippen LogP contribution in [0.25, 0.3) is 0 Å². The lowest BCUT2D eigenvalue weighted by Crippen LogP contribution is -2.59. The molecular formula is C11H18N2O4. The Kier molecular flexibility index (Phi) is 3.09. The Hall–Kier alpha value is -1.14. The predicted molar refractivity (Wildman–Crippen MR) is 59.5 cm³/mol. The zero-order chi connectivity index (χ0) is 12.5. The molecule has 0 aromatic carbocycles. The fourth-order valence-electron chi connectivity index (χ4n) is 1.75. The number of ether oxygens (including phenoxy) is 1. The monoisotopic (exact) mass is 242 g/mol. The van der Waals surface area contributed by atoms with Crippen molar-refractivity contribution in [3.05, 3.63) is 0 Å². The molecule has 6 heteroatoms. The second-order valence-corrected chi connectivity index (χ2v) is 5.20. The number of carboxylic acid groups (broad SMARTS) is 1. The van der Waals surface area contributed by atoms with Crippen LogP contribution in [0.3, 0.4) is 0 Å². The van der Waals surface area contributed by atoms with E-state index in [0.717, 1.165) is 13.1 Å². The number of carbonyl (C=O) groups excluding carboxylic acids is 1. The van der Waals surface area contributed by atoms with E-state index in [2.05, 4.69) is 10.6 Å². The summed E-state index contributed by atoms with van der Waals surface area (Å²) in [4.78, 5) is 22.4. The van der Waals surface area contributed by atoms with Crippen LogP contribution in [0.2, 0.25) is 0 Å². The Balaban J connectivity index is 1.66. The van der Waals surface area contributed by atoms with Gasteiger partial charge in [-0.1, -0.05) is 0 Å². The predicted octanol–water partition coefficient (Wildman–Crippen LogP) is -0.654. The van der Waals surface area contributed by atoms with Crippen LogP contribution < -0.4 is 10.6 Å². The van der Waals surface area contributed by atoms with Crippen LogP contribution in [0, 0.1) is 5.41 Å². The van der Waals surface area contributed by atoms with Crippen LogP contribution in [0.5, 0.6) is 0 Å². The normalized spacial score (nSPS) is 23.6. The smallest absolute Gasteiger partial charge is 0.311 e. The number of nitrogens with one attached hydrogen (secondary N) is 2. The molecule has 0 atom stereocenters. The van der Waals surface area contributed by atoms with Gasteiger partial charge in [-0.15, -0.1) is 0 Å². The lowest BCUT2D eigenvalue weighted by Gasteiger charge is -2.38. The summed E-state index contributed by atoms with van der Waals surface area (Å²) in [5, 5.41) is 14.6. The topological polar surface area (TPSA) is 87.7 Å². The summed E-state index contributed by atoms with van der Waals surface area (Å²) in [6, 6.07) is 0. The maximum atomic E-state index is 11.5. The number of amides is 1. The first-order valence-corrected chi connectivity index (χ1v) is 5.81. The van der Waals surface area contributed by atoms with Gasteiger partial charge in [-0.3, -0.25) is 9.59 Å². The average molecular weight is 242 g/mol. The van der Waals surface area contributed by atoms with Gasteiger partial charge in [0.25, 0.3) is 0 Å². The lowest BCUT2D eigenvalue weighted by atomic mass is 10.0. The van der Waals surface area contributed by atoms with E-state index in [-0.39, 0.29) is 24.7 Å². The van der Waals surface area contributed by atoms with Gasteiger partial charge in [0.1, 0.15) is 6.61 Å². The van der Waals surface area contributed by atoms with E-state index in [0.29, 0.717) is 12.8 Å². The van der Waals surface area contributed by atoms with Gasteiger partial charge in [0, 0.05) is 19.6 Å². The molecule has 2 aliphatic rings. The van der Waals surface area contributed by atoms with Crippen molar-refractivity contribution in [3.63, 3.8) is 0 Å². The largest absolute Gasteiger partial charge is 0.481 e. The third-order valence-electron chi connectivity index (χ3n) is 3.48. The van der Waals surface area contributed by atoms with Gasteiger partial charge in [0.2, 0.25) is 5.91 Å². The molecule has 0 spiro atoms. The SMILES string of the molecule is CC1(OCC(=O)NCC2(C(=O)O)CC2)CNC1. The van der Waals surface area contributed by atoms with Gasteiger partial charge >= 0.3 is 5.97 Å². The van der Waals surface area contributed by atoms with Gasteiger partial charge in [-0.2, -0.15) is 0 Å². The summed E-state index contributed by atoms with van der Waals surface area (Å²) in [6.07, 6.45) is 1.29. The highest BCUT2D eigenvalue weighted by atomic mass is 16.5. The van der Waals surface area contributed by atoms with Crippen molar-refractivity contribution in [3.8, 4) is 0 Å². The zero-order valence-corrected chi connectivity index (χ0v) is 9.91. The highest BCUT2D eigenvalue weighted by Gasteiger charge is 2.50. The Morgan fingerprint density at radius 1 is 1.41 bits per heavy atom. The van der Waals surface area contributed by atoms with Crippen LogP contribution >= 0.6 is 0 Å². The first-order valence-electron chi connectivity index (χ1n) is 5.81. The van der Waals surface area contributed by atoms with Gasteiger partial charge in [-0.25, -0.2) is 0 Å². The molecule has 0 unspecified atom stereocenters. The maximum absolute atomic E-state index is 11.5. The van der Waals surface area contributed by atoms with Crippen molar-refractivity contribution in [2.24, 2.45) is 5.41 Å². The van der Waals surface area contributed by atoms with Gasteiger partial charge in [-0.05, 0) is 19.8 Å². The average Bonchev–Trinajstić information content (AvgIpc) is 3.02. The third kappa shape index (κ3) is 2.76.